The van der Waals surface area contributed by atoms with Crippen molar-refractivity contribution in [1.82, 2.24) is 5.32 Å². The molecule has 0 aliphatic heterocycles. The van der Waals surface area contributed by atoms with Crippen molar-refractivity contribution in [2.24, 2.45) is 10.8 Å². The van der Waals surface area contributed by atoms with E-state index in [2.05, 4.69) is 39.9 Å². The number of hydrogen-bond donors (Lipinski definition) is 1. The number of hydrogen-bond acceptors (Lipinski definition) is 2. The fourth-order valence-electron chi connectivity index (χ4n) is 3.41. The largest absolute Gasteiger partial charge is 0.380 e. The lowest BCUT2D eigenvalue weighted by Crippen LogP contribution is -2.45. The lowest BCUT2D eigenvalue weighted by molar-refractivity contribution is 0.0691. The molecular formula is C14H29NO. The molecule has 1 fully saturated rings. The highest BCUT2D eigenvalue weighted by Gasteiger charge is 2.38. The first kappa shape index (κ1) is 14.0. The Morgan fingerprint density at radius 3 is 2.12 bits per heavy atom. The fraction of sp³-hybridized carbons (Fsp3) is 1.00. The molecular weight excluding hydrogens is 198 g/mol. The summed E-state index contributed by atoms with van der Waals surface area (Å²) in [5.74, 6) is 0. The molecule has 1 N–H and O–H groups in total. The predicted molar refractivity (Wildman–Crippen MR) is 69.7 cm³/mol. The molecule has 0 saturated heterocycles. The molecule has 1 aliphatic rings. The number of rotatable bonds is 4. The maximum absolute atomic E-state index is 5.28. The van der Waals surface area contributed by atoms with E-state index in [1.165, 1.54) is 19.3 Å². The second-order valence-electron chi connectivity index (χ2n) is 7.06. The zero-order chi connectivity index (χ0) is 12.4. The second-order valence-corrected chi connectivity index (χ2v) is 7.06. The predicted octanol–water partition coefficient (Wildman–Crippen LogP) is 3.22. The standard InChI is InChI=1S/C14H29NO/c1-11(16-6)9-15-12-7-13(2,3)10-14(4,5)8-12/h11-12,15H,7-10H2,1-6H3. The number of methoxy groups -OCH3 is 1. The van der Waals surface area contributed by atoms with Crippen LogP contribution in [0.15, 0.2) is 0 Å². The van der Waals surface area contributed by atoms with Crippen molar-refractivity contribution in [2.75, 3.05) is 13.7 Å². The Balaban J connectivity index is 2.48. The summed E-state index contributed by atoms with van der Waals surface area (Å²) in [7, 11) is 1.78. The Labute approximate surface area is 101 Å². The summed E-state index contributed by atoms with van der Waals surface area (Å²) >= 11 is 0. The van der Waals surface area contributed by atoms with E-state index in [9.17, 15) is 0 Å². The lowest BCUT2D eigenvalue weighted by atomic mass is 9.63. The van der Waals surface area contributed by atoms with Gasteiger partial charge in [0.05, 0.1) is 6.10 Å². The van der Waals surface area contributed by atoms with Crippen LogP contribution in [0.25, 0.3) is 0 Å². The molecule has 0 bridgehead atoms. The van der Waals surface area contributed by atoms with E-state index in [-0.39, 0.29) is 0 Å². The Morgan fingerprint density at radius 1 is 1.19 bits per heavy atom. The molecule has 0 radical (unpaired) electrons. The Hall–Kier alpha value is -0.0800. The van der Waals surface area contributed by atoms with E-state index >= 15 is 0 Å². The maximum atomic E-state index is 5.28. The topological polar surface area (TPSA) is 21.3 Å². The van der Waals surface area contributed by atoms with E-state index in [0.717, 1.165) is 6.54 Å². The van der Waals surface area contributed by atoms with Crippen LogP contribution < -0.4 is 5.32 Å². The van der Waals surface area contributed by atoms with Crippen molar-refractivity contribution < 1.29 is 4.74 Å². The molecule has 0 spiro atoms. The van der Waals surface area contributed by atoms with Gasteiger partial charge < -0.3 is 10.1 Å². The van der Waals surface area contributed by atoms with Crippen LogP contribution in [0.1, 0.15) is 53.9 Å². The highest BCUT2D eigenvalue weighted by atomic mass is 16.5. The molecule has 0 heterocycles. The van der Waals surface area contributed by atoms with E-state index < -0.39 is 0 Å². The van der Waals surface area contributed by atoms with Crippen LogP contribution in [0.5, 0.6) is 0 Å². The van der Waals surface area contributed by atoms with Crippen molar-refractivity contribution >= 4 is 0 Å². The minimum atomic E-state index is 0.313. The van der Waals surface area contributed by atoms with Crippen LogP contribution in [0.3, 0.4) is 0 Å². The smallest absolute Gasteiger partial charge is 0.0667 e. The molecule has 96 valence electrons. The van der Waals surface area contributed by atoms with Crippen molar-refractivity contribution in [3.63, 3.8) is 0 Å². The van der Waals surface area contributed by atoms with E-state index in [4.69, 9.17) is 4.74 Å². The third-order valence-corrected chi connectivity index (χ3v) is 3.65. The van der Waals surface area contributed by atoms with Gasteiger partial charge in [0.25, 0.3) is 0 Å². The van der Waals surface area contributed by atoms with E-state index in [0.29, 0.717) is 23.0 Å². The molecule has 0 aromatic carbocycles. The van der Waals surface area contributed by atoms with Crippen LogP contribution >= 0.6 is 0 Å². The SMILES string of the molecule is COC(C)CNC1CC(C)(C)CC(C)(C)C1. The normalized spacial score (nSPS) is 26.6. The van der Waals surface area contributed by atoms with Gasteiger partial charge >= 0.3 is 0 Å². The van der Waals surface area contributed by atoms with Crippen LogP contribution in [0.2, 0.25) is 0 Å². The molecule has 1 unspecified atom stereocenters. The first-order valence-electron chi connectivity index (χ1n) is 6.50. The van der Waals surface area contributed by atoms with Gasteiger partial charge in [-0.1, -0.05) is 27.7 Å². The zero-order valence-corrected chi connectivity index (χ0v) is 11.9. The van der Waals surface area contributed by atoms with Crippen LogP contribution in [0.4, 0.5) is 0 Å². The molecule has 1 atom stereocenters. The number of nitrogens with one attached hydrogen (secondary N) is 1. The summed E-state index contributed by atoms with van der Waals surface area (Å²) in [6.45, 7) is 12.6. The molecule has 1 rings (SSSR count). The molecule has 1 saturated carbocycles. The Kier molecular flexibility index (Phi) is 4.42. The zero-order valence-electron chi connectivity index (χ0n) is 11.9. The lowest BCUT2D eigenvalue weighted by Gasteiger charge is -2.45. The molecule has 2 heteroatoms. The second kappa shape index (κ2) is 5.05. The highest BCUT2D eigenvalue weighted by Crippen LogP contribution is 2.45. The molecule has 16 heavy (non-hydrogen) atoms. The van der Waals surface area contributed by atoms with Crippen LogP contribution in [0, 0.1) is 10.8 Å². The third kappa shape index (κ3) is 4.42. The minimum absolute atomic E-state index is 0.313. The monoisotopic (exact) mass is 227 g/mol. The van der Waals surface area contributed by atoms with Gasteiger partial charge in [-0.2, -0.15) is 0 Å². The average molecular weight is 227 g/mol. The van der Waals surface area contributed by atoms with Gasteiger partial charge in [-0.05, 0) is 37.0 Å². The molecule has 0 aromatic rings. The van der Waals surface area contributed by atoms with Crippen molar-refractivity contribution in [2.45, 2.75) is 66.0 Å². The van der Waals surface area contributed by atoms with E-state index in [1.807, 2.05) is 0 Å². The summed E-state index contributed by atoms with van der Waals surface area (Å²) in [6.07, 6.45) is 4.21. The minimum Gasteiger partial charge on any atom is -0.380 e. The Morgan fingerprint density at radius 2 is 1.69 bits per heavy atom. The fourth-order valence-corrected chi connectivity index (χ4v) is 3.41. The molecule has 1 aliphatic carbocycles. The quantitative estimate of drug-likeness (QED) is 0.796. The first-order valence-corrected chi connectivity index (χ1v) is 6.50. The van der Waals surface area contributed by atoms with Gasteiger partial charge in [-0.25, -0.2) is 0 Å². The summed E-state index contributed by atoms with van der Waals surface area (Å²) in [6, 6.07) is 0.649. The molecule has 0 amide bonds. The highest BCUT2D eigenvalue weighted by molar-refractivity contribution is 4.92. The summed E-state index contributed by atoms with van der Waals surface area (Å²) in [4.78, 5) is 0. The van der Waals surface area contributed by atoms with Gasteiger partial charge in [0, 0.05) is 19.7 Å². The van der Waals surface area contributed by atoms with Gasteiger partial charge in [-0.15, -0.1) is 0 Å². The Bertz CT molecular complexity index is 207. The molecule has 2 nitrogen and oxygen atoms in total. The number of ether oxygens (including phenoxy) is 1. The van der Waals surface area contributed by atoms with Crippen molar-refractivity contribution in [3.05, 3.63) is 0 Å². The summed E-state index contributed by atoms with van der Waals surface area (Å²) < 4.78 is 5.28. The summed E-state index contributed by atoms with van der Waals surface area (Å²) in [5.41, 5.74) is 0.936. The summed E-state index contributed by atoms with van der Waals surface area (Å²) in [5, 5.41) is 3.66. The van der Waals surface area contributed by atoms with Crippen molar-refractivity contribution in [3.8, 4) is 0 Å². The van der Waals surface area contributed by atoms with Gasteiger partial charge in [-0.3, -0.25) is 0 Å². The van der Waals surface area contributed by atoms with Gasteiger partial charge in [0.15, 0.2) is 0 Å². The van der Waals surface area contributed by atoms with Crippen LogP contribution in [-0.2, 0) is 4.74 Å². The molecule has 0 aromatic heterocycles. The maximum Gasteiger partial charge on any atom is 0.0667 e. The van der Waals surface area contributed by atoms with E-state index in [1.54, 1.807) is 7.11 Å². The van der Waals surface area contributed by atoms with Gasteiger partial charge in [0.2, 0.25) is 0 Å². The third-order valence-electron chi connectivity index (χ3n) is 3.65. The van der Waals surface area contributed by atoms with Gasteiger partial charge in [0.1, 0.15) is 0 Å². The first-order chi connectivity index (χ1) is 7.24. The van der Waals surface area contributed by atoms with Crippen LogP contribution in [-0.4, -0.2) is 25.8 Å². The van der Waals surface area contributed by atoms with Crippen molar-refractivity contribution in [1.29, 1.82) is 0 Å². The average Bonchev–Trinajstić information content (AvgIpc) is 2.09.